The summed E-state index contributed by atoms with van der Waals surface area (Å²) in [4.78, 5) is 0. The third-order valence-corrected chi connectivity index (χ3v) is 5.56. The van der Waals surface area contributed by atoms with Crippen molar-refractivity contribution in [3.05, 3.63) is 29.8 Å². The molecule has 0 spiro atoms. The van der Waals surface area contributed by atoms with E-state index in [2.05, 4.69) is 30.4 Å². The topological polar surface area (TPSA) is 21.3 Å². The van der Waals surface area contributed by atoms with Gasteiger partial charge in [-0.3, -0.25) is 0 Å². The van der Waals surface area contributed by atoms with E-state index in [0.29, 0.717) is 6.04 Å². The van der Waals surface area contributed by atoms with E-state index in [1.165, 1.54) is 50.5 Å². The van der Waals surface area contributed by atoms with Crippen LogP contribution in [-0.4, -0.2) is 19.2 Å². The van der Waals surface area contributed by atoms with E-state index in [9.17, 15) is 0 Å². The highest BCUT2D eigenvalue weighted by Gasteiger charge is 2.32. The van der Waals surface area contributed by atoms with Crippen LogP contribution in [0.3, 0.4) is 0 Å². The molecule has 0 heterocycles. The number of nitrogens with one attached hydrogen (secondary N) is 1. The van der Waals surface area contributed by atoms with Gasteiger partial charge in [-0.15, -0.1) is 0 Å². The molecule has 116 valence electrons. The lowest BCUT2D eigenvalue weighted by atomic mass is 9.74. The minimum Gasteiger partial charge on any atom is -0.497 e. The summed E-state index contributed by atoms with van der Waals surface area (Å²) >= 11 is 0. The molecule has 2 nitrogen and oxygen atoms in total. The molecule has 3 rings (SSSR count). The second-order valence-electron chi connectivity index (χ2n) is 7.00. The first kappa shape index (κ1) is 14.9. The van der Waals surface area contributed by atoms with E-state index < -0.39 is 0 Å². The van der Waals surface area contributed by atoms with Crippen molar-refractivity contribution < 1.29 is 4.74 Å². The lowest BCUT2D eigenvalue weighted by Gasteiger charge is -2.40. The Morgan fingerprint density at radius 3 is 2.62 bits per heavy atom. The van der Waals surface area contributed by atoms with E-state index in [-0.39, 0.29) is 0 Å². The fourth-order valence-electron chi connectivity index (χ4n) is 4.06. The van der Waals surface area contributed by atoms with E-state index in [4.69, 9.17) is 4.74 Å². The standard InChI is InChI=1S/C19H29NO/c1-14(15-7-4-3-5-8-15)20-18-11-17(12-18)16-9-6-10-19(13-16)21-2/h6,9-10,13-15,17-18,20H,3-5,7-8,11-12H2,1-2H3/t14-,17?,18?/m0/s1. The van der Waals surface area contributed by atoms with E-state index in [1.54, 1.807) is 7.11 Å². The Kier molecular flexibility index (Phi) is 4.84. The molecule has 2 fully saturated rings. The molecule has 0 amide bonds. The number of methoxy groups -OCH3 is 1. The van der Waals surface area contributed by atoms with Gasteiger partial charge < -0.3 is 10.1 Å². The SMILES string of the molecule is COc1cccc(C2CC(N[C@@H](C)C3CCCCC3)C2)c1. The van der Waals surface area contributed by atoms with Crippen LogP contribution in [0.4, 0.5) is 0 Å². The summed E-state index contributed by atoms with van der Waals surface area (Å²) in [5.41, 5.74) is 1.44. The molecule has 1 atom stereocenters. The third-order valence-electron chi connectivity index (χ3n) is 5.56. The number of hydrogen-bond donors (Lipinski definition) is 1. The molecule has 1 aromatic rings. The average molecular weight is 287 g/mol. The first-order chi connectivity index (χ1) is 10.3. The van der Waals surface area contributed by atoms with Crippen LogP contribution in [0, 0.1) is 5.92 Å². The second-order valence-corrected chi connectivity index (χ2v) is 7.00. The molecule has 2 heteroatoms. The molecule has 0 aliphatic heterocycles. The molecule has 2 aliphatic rings. The van der Waals surface area contributed by atoms with Gasteiger partial charge in [-0.05, 0) is 62.1 Å². The van der Waals surface area contributed by atoms with E-state index in [0.717, 1.165) is 23.6 Å². The van der Waals surface area contributed by atoms with E-state index in [1.807, 2.05) is 6.07 Å². The fraction of sp³-hybridized carbons (Fsp3) is 0.684. The van der Waals surface area contributed by atoms with Crippen LogP contribution in [-0.2, 0) is 0 Å². The summed E-state index contributed by atoms with van der Waals surface area (Å²) in [6.45, 7) is 2.40. The normalized spacial score (nSPS) is 27.9. The van der Waals surface area contributed by atoms with E-state index >= 15 is 0 Å². The Morgan fingerprint density at radius 1 is 1.14 bits per heavy atom. The minimum absolute atomic E-state index is 0.696. The Bertz CT molecular complexity index is 447. The molecule has 0 aromatic heterocycles. The maximum absolute atomic E-state index is 5.33. The molecular formula is C19H29NO. The van der Waals surface area contributed by atoms with Crippen LogP contribution in [0.25, 0.3) is 0 Å². The van der Waals surface area contributed by atoms with Gasteiger partial charge in [-0.2, -0.15) is 0 Å². The van der Waals surface area contributed by atoms with Crippen molar-refractivity contribution in [2.75, 3.05) is 7.11 Å². The van der Waals surface area contributed by atoms with Crippen molar-refractivity contribution in [2.45, 2.75) is 69.9 Å². The smallest absolute Gasteiger partial charge is 0.119 e. The first-order valence-electron chi connectivity index (χ1n) is 8.66. The number of benzene rings is 1. The second kappa shape index (κ2) is 6.83. The van der Waals surface area contributed by atoms with Gasteiger partial charge >= 0.3 is 0 Å². The lowest BCUT2D eigenvalue weighted by Crippen LogP contribution is -2.47. The molecule has 2 aliphatic carbocycles. The van der Waals surface area contributed by atoms with Gasteiger partial charge in [0, 0.05) is 12.1 Å². The molecule has 2 saturated carbocycles. The van der Waals surface area contributed by atoms with Gasteiger partial charge in [0.15, 0.2) is 0 Å². The van der Waals surface area contributed by atoms with Crippen LogP contribution in [0.1, 0.15) is 63.4 Å². The third kappa shape index (κ3) is 3.60. The van der Waals surface area contributed by atoms with Crippen LogP contribution < -0.4 is 10.1 Å². The van der Waals surface area contributed by atoms with Crippen molar-refractivity contribution in [3.63, 3.8) is 0 Å². The Morgan fingerprint density at radius 2 is 1.90 bits per heavy atom. The quantitative estimate of drug-likeness (QED) is 0.861. The van der Waals surface area contributed by atoms with Gasteiger partial charge in [-0.25, -0.2) is 0 Å². The average Bonchev–Trinajstić information content (AvgIpc) is 2.51. The highest BCUT2D eigenvalue weighted by molar-refractivity contribution is 5.32. The predicted octanol–water partition coefficient (Wildman–Crippen LogP) is 4.50. The van der Waals surface area contributed by atoms with Gasteiger partial charge in [0.25, 0.3) is 0 Å². The van der Waals surface area contributed by atoms with Gasteiger partial charge in [-0.1, -0.05) is 31.4 Å². The molecule has 0 bridgehead atoms. The zero-order chi connectivity index (χ0) is 14.7. The van der Waals surface area contributed by atoms with Crippen LogP contribution >= 0.6 is 0 Å². The lowest BCUT2D eigenvalue weighted by molar-refractivity contribution is 0.210. The number of ether oxygens (including phenoxy) is 1. The summed E-state index contributed by atoms with van der Waals surface area (Å²) in [5.74, 6) is 2.62. The molecule has 0 saturated heterocycles. The van der Waals surface area contributed by atoms with Gasteiger partial charge in [0.05, 0.1) is 7.11 Å². The summed E-state index contributed by atoms with van der Waals surface area (Å²) < 4.78 is 5.33. The van der Waals surface area contributed by atoms with Gasteiger partial charge in [0.1, 0.15) is 5.75 Å². The summed E-state index contributed by atoms with van der Waals surface area (Å²) in [6, 6.07) is 10.0. The van der Waals surface area contributed by atoms with Crippen molar-refractivity contribution in [1.82, 2.24) is 5.32 Å². The molecule has 21 heavy (non-hydrogen) atoms. The van der Waals surface area contributed by atoms with Crippen LogP contribution in [0.15, 0.2) is 24.3 Å². The molecule has 1 N–H and O–H groups in total. The number of hydrogen-bond acceptors (Lipinski definition) is 2. The maximum atomic E-state index is 5.33. The Labute approximate surface area is 129 Å². The maximum Gasteiger partial charge on any atom is 0.119 e. The zero-order valence-corrected chi connectivity index (χ0v) is 13.5. The summed E-state index contributed by atoms with van der Waals surface area (Å²) in [5, 5.41) is 3.88. The minimum atomic E-state index is 0.696. The van der Waals surface area contributed by atoms with Crippen molar-refractivity contribution >= 4 is 0 Å². The van der Waals surface area contributed by atoms with Crippen molar-refractivity contribution in [1.29, 1.82) is 0 Å². The largest absolute Gasteiger partial charge is 0.497 e. The predicted molar refractivity (Wildman–Crippen MR) is 87.9 cm³/mol. The Hall–Kier alpha value is -1.02. The molecule has 0 radical (unpaired) electrons. The fourth-order valence-corrected chi connectivity index (χ4v) is 4.06. The number of rotatable bonds is 5. The highest BCUT2D eigenvalue weighted by atomic mass is 16.5. The molecular weight excluding hydrogens is 258 g/mol. The first-order valence-corrected chi connectivity index (χ1v) is 8.66. The van der Waals surface area contributed by atoms with Crippen LogP contribution in [0.5, 0.6) is 5.75 Å². The van der Waals surface area contributed by atoms with Crippen molar-refractivity contribution in [3.8, 4) is 5.75 Å². The monoisotopic (exact) mass is 287 g/mol. The molecule has 1 aromatic carbocycles. The van der Waals surface area contributed by atoms with Gasteiger partial charge in [0.2, 0.25) is 0 Å². The Balaban J connectivity index is 1.46. The van der Waals surface area contributed by atoms with Crippen molar-refractivity contribution in [2.24, 2.45) is 5.92 Å². The molecule has 0 unspecified atom stereocenters. The summed E-state index contributed by atoms with van der Waals surface area (Å²) in [6.07, 6.45) is 9.75. The summed E-state index contributed by atoms with van der Waals surface area (Å²) in [7, 11) is 1.75. The highest BCUT2D eigenvalue weighted by Crippen LogP contribution is 2.39. The van der Waals surface area contributed by atoms with Crippen LogP contribution in [0.2, 0.25) is 0 Å². The zero-order valence-electron chi connectivity index (χ0n) is 13.5.